The number of fused-ring (bicyclic) bond motifs is 1. The summed E-state index contributed by atoms with van der Waals surface area (Å²) in [4.78, 5) is 49.9. The van der Waals surface area contributed by atoms with Crippen molar-refractivity contribution in [2.24, 2.45) is 5.73 Å². The van der Waals surface area contributed by atoms with Crippen molar-refractivity contribution >= 4 is 41.7 Å². The third-order valence-electron chi connectivity index (χ3n) is 5.42. The van der Waals surface area contributed by atoms with E-state index in [4.69, 9.17) is 24.7 Å². The molecule has 4 amide bonds. The number of amides is 4. The Balaban J connectivity index is 0.00000456. The number of nitrogens with zero attached hydrogens (tertiary/aromatic N) is 1. The first-order chi connectivity index (χ1) is 17.0. The zero-order valence-corrected chi connectivity index (χ0v) is 20.8. The van der Waals surface area contributed by atoms with Gasteiger partial charge in [0.05, 0.1) is 46.2 Å². The highest BCUT2D eigenvalue weighted by atomic mass is 35.5. The van der Waals surface area contributed by atoms with Crippen LogP contribution in [0.2, 0.25) is 0 Å². The Kier molecular flexibility index (Phi) is 12.7. The van der Waals surface area contributed by atoms with Gasteiger partial charge in [-0.25, -0.2) is 0 Å². The molecule has 2 aliphatic heterocycles. The van der Waals surface area contributed by atoms with E-state index in [1.165, 1.54) is 4.90 Å². The fraction of sp³-hybridized carbons (Fsp3) is 0.565. The van der Waals surface area contributed by atoms with Crippen LogP contribution in [0.15, 0.2) is 18.2 Å². The van der Waals surface area contributed by atoms with Crippen molar-refractivity contribution in [3.63, 3.8) is 0 Å². The molecule has 2 aliphatic rings. The number of anilines is 1. The fourth-order valence-electron chi connectivity index (χ4n) is 3.76. The van der Waals surface area contributed by atoms with E-state index < -0.39 is 11.9 Å². The first-order valence-corrected chi connectivity index (χ1v) is 11.6. The Hall–Kier alpha value is -2.61. The molecule has 0 saturated carbocycles. The summed E-state index contributed by atoms with van der Waals surface area (Å²) in [5.41, 5.74) is 7.03. The molecule has 1 aromatic rings. The summed E-state index contributed by atoms with van der Waals surface area (Å²) >= 11 is 0. The van der Waals surface area contributed by atoms with Crippen LogP contribution in [0.25, 0.3) is 0 Å². The lowest BCUT2D eigenvalue weighted by molar-refractivity contribution is -0.137. The molecule has 4 N–H and O–H groups in total. The number of benzene rings is 1. The quantitative estimate of drug-likeness (QED) is 0.207. The molecule has 12 nitrogen and oxygen atoms in total. The molecule has 0 bridgehead atoms. The highest BCUT2D eigenvalue weighted by Crippen LogP contribution is 2.29. The molecule has 1 aromatic carbocycles. The Bertz CT molecular complexity index is 916. The highest BCUT2D eigenvalue weighted by Gasteiger charge is 2.39. The highest BCUT2D eigenvalue weighted by molar-refractivity contribution is 6.05. The van der Waals surface area contributed by atoms with Gasteiger partial charge in [0.15, 0.2) is 0 Å². The number of nitrogens with one attached hydrogen (secondary N) is 2. The van der Waals surface area contributed by atoms with Crippen molar-refractivity contribution < 1.29 is 38.1 Å². The normalized spacial score (nSPS) is 17.0. The zero-order chi connectivity index (χ0) is 25.0. The van der Waals surface area contributed by atoms with Crippen molar-refractivity contribution in [3.05, 3.63) is 29.3 Å². The van der Waals surface area contributed by atoms with E-state index in [-0.39, 0.29) is 56.3 Å². The van der Waals surface area contributed by atoms with E-state index in [1.54, 1.807) is 18.2 Å². The summed E-state index contributed by atoms with van der Waals surface area (Å²) in [6, 6.07) is 4.29. The lowest BCUT2D eigenvalue weighted by atomic mass is 10.0. The number of piperidine rings is 1. The predicted octanol–water partition coefficient (Wildman–Crippen LogP) is -0.167. The number of halogens is 1. The molecule has 0 radical (unpaired) electrons. The minimum absolute atomic E-state index is 0. The predicted molar refractivity (Wildman–Crippen MR) is 131 cm³/mol. The van der Waals surface area contributed by atoms with Gasteiger partial charge in [-0.1, -0.05) is 0 Å². The number of ether oxygens (including phenoxy) is 4. The Morgan fingerprint density at radius 2 is 1.64 bits per heavy atom. The molecule has 36 heavy (non-hydrogen) atoms. The fourth-order valence-corrected chi connectivity index (χ4v) is 3.76. The van der Waals surface area contributed by atoms with Crippen molar-refractivity contribution in [2.45, 2.75) is 25.4 Å². The maximum absolute atomic E-state index is 12.7. The summed E-state index contributed by atoms with van der Waals surface area (Å²) in [6.45, 7) is 3.51. The third-order valence-corrected chi connectivity index (χ3v) is 5.42. The molecule has 3 rings (SSSR count). The minimum atomic E-state index is -0.678. The molecule has 13 heteroatoms. The van der Waals surface area contributed by atoms with Crippen LogP contribution in [-0.4, -0.2) is 94.0 Å². The second kappa shape index (κ2) is 15.5. The van der Waals surface area contributed by atoms with Crippen LogP contribution in [0.1, 0.15) is 28.8 Å². The van der Waals surface area contributed by atoms with Crippen LogP contribution in [0.3, 0.4) is 0 Å². The molecular weight excluding hydrogens is 496 g/mol. The van der Waals surface area contributed by atoms with Gasteiger partial charge in [-0.05, 0) is 30.2 Å². The van der Waals surface area contributed by atoms with Crippen molar-refractivity contribution in [3.8, 4) is 0 Å². The minimum Gasteiger partial charge on any atom is -0.378 e. The molecule has 1 saturated heterocycles. The van der Waals surface area contributed by atoms with Crippen LogP contribution in [0.4, 0.5) is 5.69 Å². The number of carbonyl (C=O) groups excluding carboxylic acids is 4. The molecule has 1 unspecified atom stereocenters. The maximum Gasteiger partial charge on any atom is 0.255 e. The molecule has 1 fully saturated rings. The number of hydrogen-bond donors (Lipinski definition) is 3. The number of carbonyl (C=O) groups is 4. The Labute approximate surface area is 215 Å². The van der Waals surface area contributed by atoms with Gasteiger partial charge in [0.2, 0.25) is 17.7 Å². The van der Waals surface area contributed by atoms with Crippen LogP contribution >= 0.6 is 12.4 Å². The molecule has 0 aliphatic carbocycles. The van der Waals surface area contributed by atoms with E-state index >= 15 is 0 Å². The van der Waals surface area contributed by atoms with Gasteiger partial charge in [0, 0.05) is 30.8 Å². The van der Waals surface area contributed by atoms with Gasteiger partial charge >= 0.3 is 0 Å². The topological polar surface area (TPSA) is 159 Å². The molecule has 200 valence electrons. The van der Waals surface area contributed by atoms with Crippen molar-refractivity contribution in [1.82, 2.24) is 10.2 Å². The number of nitrogens with two attached hydrogens (primary N) is 1. The van der Waals surface area contributed by atoms with Crippen LogP contribution < -0.4 is 16.4 Å². The summed E-state index contributed by atoms with van der Waals surface area (Å²) in [7, 11) is 0. The van der Waals surface area contributed by atoms with Crippen LogP contribution in [-0.2, 0) is 39.9 Å². The van der Waals surface area contributed by atoms with Crippen molar-refractivity contribution in [1.29, 1.82) is 0 Å². The largest absolute Gasteiger partial charge is 0.378 e. The molecular formula is C23H33ClN4O8. The molecule has 2 heterocycles. The van der Waals surface area contributed by atoms with E-state index in [9.17, 15) is 19.2 Å². The van der Waals surface area contributed by atoms with Crippen LogP contribution in [0.5, 0.6) is 0 Å². The lowest BCUT2D eigenvalue weighted by Gasteiger charge is -2.29. The molecule has 0 spiro atoms. The first kappa shape index (κ1) is 29.6. The van der Waals surface area contributed by atoms with Gasteiger partial charge in [-0.3, -0.25) is 24.5 Å². The Morgan fingerprint density at radius 1 is 1.00 bits per heavy atom. The monoisotopic (exact) mass is 528 g/mol. The second-order valence-corrected chi connectivity index (χ2v) is 8.00. The van der Waals surface area contributed by atoms with E-state index in [2.05, 4.69) is 10.6 Å². The summed E-state index contributed by atoms with van der Waals surface area (Å²) in [5, 5.41) is 5.01. The SMILES string of the molecule is Cl.NCCOCCOCCOCCOCC(=O)Nc1ccc2c(c1)CN(C1CCC(=O)NC1=O)C2=O. The summed E-state index contributed by atoms with van der Waals surface area (Å²) in [6.07, 6.45) is 0.494. The molecule has 0 aromatic heterocycles. The maximum atomic E-state index is 12.7. The smallest absolute Gasteiger partial charge is 0.255 e. The van der Waals surface area contributed by atoms with Crippen molar-refractivity contribution in [2.75, 3.05) is 64.7 Å². The third kappa shape index (κ3) is 8.80. The van der Waals surface area contributed by atoms with E-state index in [0.717, 1.165) is 0 Å². The van der Waals surface area contributed by atoms with E-state index in [0.29, 0.717) is 69.4 Å². The average molecular weight is 529 g/mol. The van der Waals surface area contributed by atoms with Gasteiger partial charge in [0.25, 0.3) is 5.91 Å². The van der Waals surface area contributed by atoms with Gasteiger partial charge < -0.3 is 34.9 Å². The lowest BCUT2D eigenvalue weighted by Crippen LogP contribution is -2.52. The zero-order valence-electron chi connectivity index (χ0n) is 20.0. The Morgan fingerprint density at radius 3 is 2.28 bits per heavy atom. The second-order valence-electron chi connectivity index (χ2n) is 8.00. The number of rotatable bonds is 15. The van der Waals surface area contributed by atoms with Gasteiger partial charge in [-0.2, -0.15) is 0 Å². The van der Waals surface area contributed by atoms with E-state index in [1.807, 2.05) is 0 Å². The number of imide groups is 1. The van der Waals surface area contributed by atoms with Gasteiger partial charge in [0.1, 0.15) is 12.6 Å². The first-order valence-electron chi connectivity index (χ1n) is 11.6. The van der Waals surface area contributed by atoms with Gasteiger partial charge in [-0.15, -0.1) is 12.4 Å². The van der Waals surface area contributed by atoms with Crippen LogP contribution in [0, 0.1) is 0 Å². The summed E-state index contributed by atoms with van der Waals surface area (Å²) < 4.78 is 21.2. The molecule has 1 atom stereocenters. The number of hydrogen-bond acceptors (Lipinski definition) is 9. The average Bonchev–Trinajstić information content (AvgIpc) is 3.15. The standard InChI is InChI=1S/C23H32N4O8.ClH/c24-5-6-32-7-8-33-9-10-34-11-12-35-15-21(29)25-17-1-2-18-16(13-17)14-27(23(18)31)19-3-4-20(28)26-22(19)30;/h1-2,13,19H,3-12,14-15,24H2,(H,25,29)(H,26,28,30);1H. The summed E-state index contributed by atoms with van der Waals surface area (Å²) in [5.74, 6) is -1.39.